The molecule has 1 N–H and O–H groups in total. The van der Waals surface area contributed by atoms with Crippen molar-refractivity contribution < 1.29 is 14.1 Å². The number of amides is 2. The summed E-state index contributed by atoms with van der Waals surface area (Å²) >= 11 is 0. The van der Waals surface area contributed by atoms with Crippen LogP contribution in [0.25, 0.3) is 0 Å². The third-order valence-corrected chi connectivity index (χ3v) is 4.83. The molecule has 2 heterocycles. The van der Waals surface area contributed by atoms with E-state index in [4.69, 9.17) is 9.26 Å². The van der Waals surface area contributed by atoms with Crippen LogP contribution in [0.3, 0.4) is 0 Å². The molecule has 1 aliphatic heterocycles. The van der Waals surface area contributed by atoms with Gasteiger partial charge >= 0.3 is 6.03 Å². The molecular weight excluding hydrogens is 332 g/mol. The summed E-state index contributed by atoms with van der Waals surface area (Å²) in [6, 6.07) is 9.16. The topological polar surface area (TPSA) is 80.5 Å². The van der Waals surface area contributed by atoms with Crippen molar-refractivity contribution in [3.63, 3.8) is 0 Å². The molecule has 1 saturated carbocycles. The lowest BCUT2D eigenvalue weighted by molar-refractivity contribution is 0.125. The Morgan fingerprint density at radius 2 is 2.12 bits per heavy atom. The summed E-state index contributed by atoms with van der Waals surface area (Å²) in [5, 5.41) is 6.97. The fourth-order valence-electron chi connectivity index (χ4n) is 3.19. The Hall–Kier alpha value is -2.41. The first-order valence-corrected chi connectivity index (χ1v) is 9.32. The molecule has 0 bridgehead atoms. The van der Waals surface area contributed by atoms with Crippen molar-refractivity contribution in [2.45, 2.75) is 38.1 Å². The minimum absolute atomic E-state index is 0.133. The van der Waals surface area contributed by atoms with Crippen molar-refractivity contribution in [1.29, 1.82) is 0 Å². The molecule has 4 rings (SSSR count). The van der Waals surface area contributed by atoms with E-state index in [-0.39, 0.29) is 12.1 Å². The fraction of sp³-hybridized carbons (Fsp3) is 0.526. The number of carbonyl (C=O) groups is 1. The van der Waals surface area contributed by atoms with Crippen LogP contribution in [0.5, 0.6) is 0 Å². The summed E-state index contributed by atoms with van der Waals surface area (Å²) in [6.07, 6.45) is 4.97. The molecule has 2 aliphatic rings. The third kappa shape index (κ3) is 4.22. The smallest absolute Gasteiger partial charge is 0.322 e. The maximum absolute atomic E-state index is 12.6. The number of ether oxygens (including phenoxy) is 1. The molecule has 1 aromatic heterocycles. The Morgan fingerprint density at radius 3 is 2.92 bits per heavy atom. The Labute approximate surface area is 152 Å². The molecule has 7 heteroatoms. The van der Waals surface area contributed by atoms with Crippen molar-refractivity contribution in [3.8, 4) is 0 Å². The lowest BCUT2D eigenvalue weighted by Gasteiger charge is -2.22. The number of anilines is 1. The Bertz CT molecular complexity index is 729. The number of nitrogens with one attached hydrogen (secondary N) is 1. The van der Waals surface area contributed by atoms with Gasteiger partial charge in [0.2, 0.25) is 5.89 Å². The van der Waals surface area contributed by atoms with Crippen LogP contribution in [0.15, 0.2) is 34.9 Å². The van der Waals surface area contributed by atoms with E-state index in [2.05, 4.69) is 15.5 Å². The van der Waals surface area contributed by atoms with E-state index < -0.39 is 0 Å². The van der Waals surface area contributed by atoms with E-state index in [1.165, 1.54) is 12.8 Å². The predicted molar refractivity (Wildman–Crippen MR) is 95.7 cm³/mol. The van der Waals surface area contributed by atoms with Crippen LogP contribution in [0.2, 0.25) is 0 Å². The van der Waals surface area contributed by atoms with Gasteiger partial charge in [-0.2, -0.15) is 4.98 Å². The number of nitrogens with zero attached hydrogens (tertiary/aromatic N) is 3. The van der Waals surface area contributed by atoms with Crippen LogP contribution in [-0.2, 0) is 11.2 Å². The molecule has 2 amide bonds. The average molecular weight is 356 g/mol. The number of hydrogen-bond acceptors (Lipinski definition) is 5. The van der Waals surface area contributed by atoms with E-state index in [9.17, 15) is 4.79 Å². The zero-order valence-corrected chi connectivity index (χ0v) is 14.8. The molecule has 1 unspecified atom stereocenters. The molecular formula is C19H24N4O3. The van der Waals surface area contributed by atoms with Crippen LogP contribution in [0.1, 0.15) is 43.4 Å². The van der Waals surface area contributed by atoms with E-state index in [1.54, 1.807) is 4.90 Å². The number of hydrogen-bond donors (Lipinski definition) is 1. The lowest BCUT2D eigenvalue weighted by atomic mass is 10.2. The SMILES string of the molecule is O=C(Nc1ccccc1)N1CCCC1c1nc(CCOCC2CC2)no1. The molecule has 7 nitrogen and oxygen atoms in total. The van der Waals surface area contributed by atoms with Gasteiger partial charge in [-0.15, -0.1) is 0 Å². The van der Waals surface area contributed by atoms with Gasteiger partial charge in [-0.25, -0.2) is 4.79 Å². The van der Waals surface area contributed by atoms with Crippen LogP contribution in [-0.4, -0.2) is 40.8 Å². The third-order valence-electron chi connectivity index (χ3n) is 4.83. The highest BCUT2D eigenvalue weighted by atomic mass is 16.5. The normalized spacial score (nSPS) is 19.7. The van der Waals surface area contributed by atoms with Gasteiger partial charge in [0.25, 0.3) is 0 Å². The molecule has 1 aliphatic carbocycles. The quantitative estimate of drug-likeness (QED) is 0.769. The molecule has 138 valence electrons. The summed E-state index contributed by atoms with van der Waals surface area (Å²) < 4.78 is 11.1. The van der Waals surface area contributed by atoms with Gasteiger partial charge in [-0.3, -0.25) is 0 Å². The van der Waals surface area contributed by atoms with Gasteiger partial charge in [-0.1, -0.05) is 23.4 Å². The van der Waals surface area contributed by atoms with Crippen molar-refractivity contribution in [2.24, 2.45) is 5.92 Å². The summed E-state index contributed by atoms with van der Waals surface area (Å²) in [5.74, 6) is 1.92. The van der Waals surface area contributed by atoms with Gasteiger partial charge in [0.15, 0.2) is 5.82 Å². The first kappa shape index (κ1) is 17.0. The van der Waals surface area contributed by atoms with E-state index in [1.807, 2.05) is 30.3 Å². The minimum atomic E-state index is -0.160. The number of aromatic nitrogens is 2. The monoisotopic (exact) mass is 356 g/mol. The van der Waals surface area contributed by atoms with Gasteiger partial charge < -0.3 is 19.5 Å². The highest BCUT2D eigenvalue weighted by Crippen LogP contribution is 2.31. The van der Waals surface area contributed by atoms with Crippen molar-refractivity contribution in [3.05, 3.63) is 42.0 Å². The van der Waals surface area contributed by atoms with E-state index in [0.29, 0.717) is 31.3 Å². The Morgan fingerprint density at radius 1 is 1.27 bits per heavy atom. The van der Waals surface area contributed by atoms with Gasteiger partial charge in [0, 0.05) is 25.3 Å². The van der Waals surface area contributed by atoms with Crippen LogP contribution in [0.4, 0.5) is 10.5 Å². The summed E-state index contributed by atoms with van der Waals surface area (Å²) in [4.78, 5) is 18.8. The van der Waals surface area contributed by atoms with Crippen molar-refractivity contribution >= 4 is 11.7 Å². The summed E-state index contributed by atoms with van der Waals surface area (Å²) in [7, 11) is 0. The lowest BCUT2D eigenvalue weighted by Crippen LogP contribution is -2.34. The second-order valence-electron chi connectivity index (χ2n) is 6.96. The zero-order valence-electron chi connectivity index (χ0n) is 14.8. The molecule has 2 aromatic rings. The second-order valence-corrected chi connectivity index (χ2v) is 6.96. The van der Waals surface area contributed by atoms with Crippen molar-refractivity contribution in [2.75, 3.05) is 25.1 Å². The standard InChI is InChI=1S/C19H24N4O3/c24-19(20-15-5-2-1-3-6-15)23-11-4-7-16(23)18-21-17(22-26-18)10-12-25-13-14-8-9-14/h1-3,5-6,14,16H,4,7-13H2,(H,20,24). The first-order valence-electron chi connectivity index (χ1n) is 9.32. The molecule has 1 atom stereocenters. The highest BCUT2D eigenvalue weighted by Gasteiger charge is 2.34. The second kappa shape index (κ2) is 7.86. The molecule has 0 spiro atoms. The molecule has 2 fully saturated rings. The van der Waals surface area contributed by atoms with Crippen molar-refractivity contribution in [1.82, 2.24) is 15.0 Å². The summed E-state index contributed by atoms with van der Waals surface area (Å²) in [6.45, 7) is 2.13. The van der Waals surface area contributed by atoms with Crippen LogP contribution >= 0.6 is 0 Å². The minimum Gasteiger partial charge on any atom is -0.381 e. The molecule has 1 saturated heterocycles. The van der Waals surface area contributed by atoms with Crippen LogP contribution in [0, 0.1) is 5.92 Å². The van der Waals surface area contributed by atoms with Gasteiger partial charge in [0.05, 0.1) is 6.61 Å². The number of para-hydroxylation sites is 1. The number of urea groups is 1. The first-order chi connectivity index (χ1) is 12.8. The maximum Gasteiger partial charge on any atom is 0.322 e. The van der Waals surface area contributed by atoms with E-state index >= 15 is 0 Å². The molecule has 0 radical (unpaired) electrons. The van der Waals surface area contributed by atoms with Gasteiger partial charge in [0.1, 0.15) is 6.04 Å². The maximum atomic E-state index is 12.6. The number of benzene rings is 1. The number of likely N-dealkylation sites (tertiary alicyclic amines) is 1. The molecule has 26 heavy (non-hydrogen) atoms. The van der Waals surface area contributed by atoms with Gasteiger partial charge in [-0.05, 0) is 43.7 Å². The predicted octanol–water partition coefficient (Wildman–Crippen LogP) is 3.41. The largest absolute Gasteiger partial charge is 0.381 e. The van der Waals surface area contributed by atoms with Crippen LogP contribution < -0.4 is 5.32 Å². The number of rotatable bonds is 7. The highest BCUT2D eigenvalue weighted by molar-refractivity contribution is 5.89. The zero-order chi connectivity index (χ0) is 17.8. The summed E-state index contributed by atoms with van der Waals surface area (Å²) in [5.41, 5.74) is 0.780. The number of carbonyl (C=O) groups excluding carboxylic acids is 1. The fourth-order valence-corrected chi connectivity index (χ4v) is 3.19. The Balaban J connectivity index is 1.33. The molecule has 1 aromatic carbocycles. The average Bonchev–Trinajstić information content (AvgIpc) is 3.16. The van der Waals surface area contributed by atoms with E-state index in [0.717, 1.165) is 31.1 Å². The Kier molecular flexibility index (Phi) is 5.15.